The van der Waals surface area contributed by atoms with Crippen molar-refractivity contribution >= 4 is 58.2 Å². The van der Waals surface area contributed by atoms with E-state index in [4.69, 9.17) is 23.2 Å². The molecule has 0 fully saturated rings. The van der Waals surface area contributed by atoms with E-state index in [9.17, 15) is 28.0 Å². The van der Waals surface area contributed by atoms with Gasteiger partial charge in [-0.1, -0.05) is 82.2 Å². The van der Waals surface area contributed by atoms with Crippen LogP contribution in [0.3, 0.4) is 0 Å². The highest BCUT2D eigenvalue weighted by Crippen LogP contribution is 2.40. The first-order valence-electron chi connectivity index (χ1n) is 27.9. The highest BCUT2D eigenvalue weighted by atomic mass is 35.5. The second-order valence-corrected chi connectivity index (χ2v) is 21.4. The molecule has 0 saturated carbocycles. The second-order valence-electron chi connectivity index (χ2n) is 20.6. The number of hydrogen-bond donors (Lipinski definition) is 4. The van der Waals surface area contributed by atoms with Crippen LogP contribution in [-0.2, 0) is 22.4 Å². The number of halogens is 4. The van der Waals surface area contributed by atoms with Crippen molar-refractivity contribution in [2.45, 2.75) is 24.9 Å². The number of imidazole rings is 2. The lowest BCUT2D eigenvalue weighted by atomic mass is 9.86. The van der Waals surface area contributed by atoms with Crippen LogP contribution in [0, 0.1) is 11.6 Å². The van der Waals surface area contributed by atoms with Gasteiger partial charge in [-0.05, 0) is 119 Å². The summed E-state index contributed by atoms with van der Waals surface area (Å²) in [6.07, 6.45) is 20.1. The van der Waals surface area contributed by atoms with Gasteiger partial charge in [0.2, 0.25) is 0 Å². The van der Waals surface area contributed by atoms with Crippen molar-refractivity contribution in [3.8, 4) is 56.4 Å². The number of amides is 4. The Labute approximate surface area is 519 Å². The molecule has 444 valence electrons. The molecule has 4 N–H and O–H groups in total. The van der Waals surface area contributed by atoms with Crippen LogP contribution in [0.25, 0.3) is 56.4 Å². The predicted molar refractivity (Wildman–Crippen MR) is 328 cm³/mol. The number of carbonyl (C=O) groups is 4. The normalized spacial score (nSPS) is 14.2. The van der Waals surface area contributed by atoms with Crippen LogP contribution in [0.2, 0.25) is 10.0 Å². The van der Waals surface area contributed by atoms with Gasteiger partial charge in [-0.2, -0.15) is 0 Å². The first-order chi connectivity index (χ1) is 43.9. The highest BCUT2D eigenvalue weighted by Gasteiger charge is 2.40. The van der Waals surface area contributed by atoms with E-state index in [0.29, 0.717) is 47.0 Å². The SMILES string of the molecule is O=C(Nc1ccc(-c2ncc[nH]2)cc1)[C@@H]1c2cccc(-c3cncnc3)c2CCN1C(=O)c1cn(-c2cccc(Cl)c2F)nn1.O=C(Nc1ccc(-c2ncc[nH]2)cc1)[C@H]1c2cccc(-c3cncnc3)c2CCN1C(=O)c1cn(-c2cccc(Cl)c2F)nn1. The molecule has 12 aromatic rings. The maximum atomic E-state index is 14.7. The van der Waals surface area contributed by atoms with E-state index in [1.165, 1.54) is 59.1 Å². The van der Waals surface area contributed by atoms with Gasteiger partial charge in [0.15, 0.2) is 23.0 Å². The monoisotopic (exact) mass is 1240 g/mol. The Hall–Kier alpha value is -11.5. The molecule has 0 radical (unpaired) electrons. The second kappa shape index (κ2) is 25.1. The molecule has 0 aliphatic carbocycles. The van der Waals surface area contributed by atoms with Crippen LogP contribution >= 0.6 is 23.2 Å². The molecule has 26 heteroatoms. The van der Waals surface area contributed by atoms with E-state index in [1.54, 1.807) is 86.0 Å². The van der Waals surface area contributed by atoms with Crippen molar-refractivity contribution in [3.05, 3.63) is 251 Å². The maximum Gasteiger partial charge on any atom is 0.277 e. The average Bonchev–Trinajstić information content (AvgIpc) is 0.944. The first-order valence-corrected chi connectivity index (χ1v) is 28.6. The molecule has 0 spiro atoms. The first kappa shape index (κ1) is 57.6. The van der Waals surface area contributed by atoms with Crippen LogP contribution in [0.4, 0.5) is 20.2 Å². The van der Waals surface area contributed by atoms with Crippen LogP contribution in [0.1, 0.15) is 55.3 Å². The fraction of sp³-hybridized carbons (Fsp3) is 0.0938. The zero-order valence-corrected chi connectivity index (χ0v) is 48.4. The topological polar surface area (TPSA) is 269 Å². The Morgan fingerprint density at radius 1 is 0.500 bits per heavy atom. The molecule has 8 heterocycles. The number of carbonyl (C=O) groups excluding carboxylic acids is 4. The van der Waals surface area contributed by atoms with Crippen LogP contribution in [-0.4, -0.2) is 116 Å². The summed E-state index contributed by atoms with van der Waals surface area (Å²) in [6.45, 7) is 0.425. The fourth-order valence-corrected chi connectivity index (χ4v) is 11.4. The van der Waals surface area contributed by atoms with E-state index in [-0.39, 0.29) is 45.9 Å². The fourth-order valence-electron chi connectivity index (χ4n) is 11.0. The number of benzene rings is 6. The van der Waals surface area contributed by atoms with Crippen molar-refractivity contribution in [3.63, 3.8) is 0 Å². The van der Waals surface area contributed by atoms with Gasteiger partial charge in [-0.3, -0.25) is 19.2 Å². The largest absolute Gasteiger partial charge is 0.345 e. The zero-order chi connectivity index (χ0) is 61.8. The van der Waals surface area contributed by atoms with Gasteiger partial charge in [-0.25, -0.2) is 48.0 Å². The molecule has 22 nitrogen and oxygen atoms in total. The number of rotatable bonds is 12. The molecular formula is C64H46Cl2F2N18O4. The highest BCUT2D eigenvalue weighted by molar-refractivity contribution is 6.31. The number of hydrogen-bond acceptors (Lipinski definition) is 14. The molecule has 2 aliphatic heterocycles. The van der Waals surface area contributed by atoms with Gasteiger partial charge >= 0.3 is 0 Å². The number of fused-ring (bicyclic) bond motifs is 2. The summed E-state index contributed by atoms with van der Waals surface area (Å²) in [6, 6.07) is 32.6. The van der Waals surface area contributed by atoms with Gasteiger partial charge < -0.3 is 30.4 Å². The standard InChI is InChI=1S/2C32H23ClFN9O2/c2*33-25-5-2-6-27(28(25)34)43-17-26(40-41-43)32(45)42-14-11-23-22(20-15-35-18-36-16-20)3-1-4-24(23)29(42)31(44)39-21-9-7-19(8-10-21)30-37-12-13-38-30/h2*1-10,12-13,15-18,29H,11,14H2,(H,37,38)(H,39,44)/t2*29-/m10/s1. The molecule has 2 aliphatic rings. The smallest absolute Gasteiger partial charge is 0.277 e. The Morgan fingerprint density at radius 2 is 0.900 bits per heavy atom. The van der Waals surface area contributed by atoms with E-state index < -0.39 is 47.3 Å². The lowest BCUT2D eigenvalue weighted by Crippen LogP contribution is -2.45. The molecule has 90 heavy (non-hydrogen) atoms. The molecular weight excluding hydrogens is 1190 g/mol. The van der Waals surface area contributed by atoms with E-state index >= 15 is 0 Å². The Balaban J connectivity index is 0.000000165. The van der Waals surface area contributed by atoms with Gasteiger partial charge in [0.05, 0.1) is 22.4 Å². The number of H-pyrrole nitrogens is 2. The summed E-state index contributed by atoms with van der Waals surface area (Å²) in [5, 5.41) is 21.8. The summed E-state index contributed by atoms with van der Waals surface area (Å²) in [7, 11) is 0. The summed E-state index contributed by atoms with van der Waals surface area (Å²) >= 11 is 11.9. The van der Waals surface area contributed by atoms with E-state index in [0.717, 1.165) is 53.9 Å². The lowest BCUT2D eigenvalue weighted by molar-refractivity contribution is -0.121. The molecule has 0 bridgehead atoms. The number of aromatic amines is 2. The van der Waals surface area contributed by atoms with E-state index in [2.05, 4.69) is 71.1 Å². The van der Waals surface area contributed by atoms with Crippen molar-refractivity contribution in [2.75, 3.05) is 23.7 Å². The number of nitrogens with zero attached hydrogens (tertiary/aromatic N) is 14. The molecule has 0 unspecified atom stereocenters. The predicted octanol–water partition coefficient (Wildman–Crippen LogP) is 10.6. The van der Waals surface area contributed by atoms with Gasteiger partial charge in [0.25, 0.3) is 23.6 Å². The minimum absolute atomic E-state index is 0.0417. The third-order valence-electron chi connectivity index (χ3n) is 15.2. The molecule has 0 saturated heterocycles. The minimum atomic E-state index is -1.01. The number of anilines is 2. The Kier molecular flexibility index (Phi) is 16.0. The molecule has 2 atom stereocenters. The van der Waals surface area contributed by atoms with Crippen molar-refractivity contribution in [1.29, 1.82) is 0 Å². The summed E-state index contributed by atoms with van der Waals surface area (Å²) in [4.78, 5) is 90.3. The summed E-state index contributed by atoms with van der Waals surface area (Å²) in [5.41, 5.74) is 9.28. The van der Waals surface area contributed by atoms with Gasteiger partial charge in [0, 0.05) is 96.3 Å². The molecule has 6 aromatic heterocycles. The van der Waals surface area contributed by atoms with Crippen molar-refractivity contribution in [1.82, 2.24) is 79.7 Å². The van der Waals surface area contributed by atoms with Gasteiger partial charge in [0.1, 0.15) is 47.8 Å². The molecule has 6 aromatic carbocycles. The lowest BCUT2D eigenvalue weighted by Gasteiger charge is -2.36. The molecule has 14 rings (SSSR count). The van der Waals surface area contributed by atoms with E-state index in [1.807, 2.05) is 60.7 Å². The molecule has 4 amide bonds. The third kappa shape index (κ3) is 11.5. The van der Waals surface area contributed by atoms with Crippen molar-refractivity contribution in [2.24, 2.45) is 0 Å². The maximum absolute atomic E-state index is 14.7. The van der Waals surface area contributed by atoms with Crippen LogP contribution in [0.5, 0.6) is 0 Å². The summed E-state index contributed by atoms with van der Waals surface area (Å²) < 4.78 is 31.7. The average molecular weight is 1240 g/mol. The summed E-state index contributed by atoms with van der Waals surface area (Å²) in [5.74, 6) is -1.87. The van der Waals surface area contributed by atoms with Gasteiger partial charge in [-0.15, -0.1) is 10.2 Å². The minimum Gasteiger partial charge on any atom is -0.345 e. The Bertz CT molecular complexity index is 4320. The zero-order valence-electron chi connectivity index (χ0n) is 46.9. The quantitative estimate of drug-likeness (QED) is 0.0886. The van der Waals surface area contributed by atoms with Crippen LogP contribution in [0.15, 0.2) is 196 Å². The third-order valence-corrected chi connectivity index (χ3v) is 15.8. The van der Waals surface area contributed by atoms with Crippen molar-refractivity contribution < 1.29 is 28.0 Å². The number of nitrogens with one attached hydrogen (secondary N) is 4. The number of aromatic nitrogens is 14. The Morgan fingerprint density at radius 3 is 1.29 bits per heavy atom. The van der Waals surface area contributed by atoms with Crippen LogP contribution < -0.4 is 10.6 Å².